The molecule has 2 heterocycles. The van der Waals surface area contributed by atoms with Gasteiger partial charge in [-0.15, -0.1) is 10.2 Å². The van der Waals surface area contributed by atoms with Crippen LogP contribution in [0.5, 0.6) is 0 Å². The van der Waals surface area contributed by atoms with Crippen LogP contribution < -0.4 is 10.9 Å². The molecule has 1 amide bonds. The summed E-state index contributed by atoms with van der Waals surface area (Å²) in [4.78, 5) is 26.7. The van der Waals surface area contributed by atoms with Gasteiger partial charge in [-0.1, -0.05) is 79.3 Å². The molecular weight excluding hydrogens is 470 g/mol. The number of nitrogens with one attached hydrogen (secondary N) is 1. The molecule has 8 heteroatoms. The van der Waals surface area contributed by atoms with Gasteiger partial charge in [0, 0.05) is 6.54 Å². The van der Waals surface area contributed by atoms with E-state index in [-0.39, 0.29) is 16.7 Å². The molecule has 0 spiro atoms. The number of aromatic nitrogens is 4. The molecule has 7 nitrogen and oxygen atoms in total. The summed E-state index contributed by atoms with van der Waals surface area (Å²) in [5, 5.41) is 12.7. The molecule has 1 unspecified atom stereocenters. The van der Waals surface area contributed by atoms with E-state index in [4.69, 9.17) is 0 Å². The number of fused-ring (bicyclic) bond motifs is 3. The van der Waals surface area contributed by atoms with Gasteiger partial charge in [-0.25, -0.2) is 4.57 Å². The average Bonchev–Trinajstić information content (AvgIpc) is 3.31. The molecule has 0 aliphatic heterocycles. The summed E-state index contributed by atoms with van der Waals surface area (Å²) in [6, 6.07) is 23.2. The highest BCUT2D eigenvalue weighted by Crippen LogP contribution is 2.29. The van der Waals surface area contributed by atoms with Gasteiger partial charge < -0.3 is 5.32 Å². The number of aryl methyl sites for hydroxylation is 2. The minimum Gasteiger partial charge on any atom is -0.351 e. The Balaban J connectivity index is 1.59. The maximum Gasteiger partial charge on any atom is 0.267 e. The third kappa shape index (κ3) is 4.28. The maximum absolute atomic E-state index is 13.7. The Labute approximate surface area is 213 Å². The summed E-state index contributed by atoms with van der Waals surface area (Å²) in [5.74, 6) is 0.369. The van der Waals surface area contributed by atoms with Gasteiger partial charge in [0.05, 0.1) is 21.8 Å². The topological polar surface area (TPSA) is 81.3 Å². The monoisotopic (exact) mass is 497 g/mol. The summed E-state index contributed by atoms with van der Waals surface area (Å²) < 4.78 is 3.53. The van der Waals surface area contributed by atoms with Crippen LogP contribution in [0.15, 0.2) is 82.7 Å². The van der Waals surface area contributed by atoms with Crippen LogP contribution in [0.4, 0.5) is 0 Å². The molecule has 0 aliphatic rings. The molecule has 182 valence electrons. The predicted octanol–water partition coefficient (Wildman–Crippen LogP) is 4.84. The van der Waals surface area contributed by atoms with Crippen molar-refractivity contribution in [1.29, 1.82) is 0 Å². The SMILES string of the molecule is CCC(Sc1nnc2n(-c3c(C)cccc3C)c(=O)c3ccccc3n12)C(=O)NCc1ccccc1. The molecular formula is C28H27N5O2S. The number of benzene rings is 3. The van der Waals surface area contributed by atoms with E-state index in [9.17, 15) is 9.59 Å². The smallest absolute Gasteiger partial charge is 0.267 e. The Morgan fingerprint density at radius 1 is 0.944 bits per heavy atom. The van der Waals surface area contributed by atoms with Crippen molar-refractivity contribution in [3.8, 4) is 5.69 Å². The standard InChI is InChI=1S/C28H27N5O2S/c1-4-23(25(34)29-17-20-13-6-5-7-14-20)36-28-31-30-27-32(28)22-16-9-8-15-21(22)26(35)33(27)24-18(2)11-10-12-19(24)3/h5-16,23H,4,17H2,1-3H3,(H,29,34). The molecule has 5 rings (SSSR count). The largest absolute Gasteiger partial charge is 0.351 e. The van der Waals surface area contributed by atoms with Crippen molar-refractivity contribution in [2.24, 2.45) is 0 Å². The van der Waals surface area contributed by atoms with Crippen molar-refractivity contribution in [2.45, 2.75) is 44.1 Å². The minimum atomic E-state index is -0.361. The highest BCUT2D eigenvalue weighted by Gasteiger charge is 2.24. The maximum atomic E-state index is 13.7. The molecule has 0 aliphatic carbocycles. The highest BCUT2D eigenvalue weighted by molar-refractivity contribution is 8.00. The van der Waals surface area contributed by atoms with Crippen molar-refractivity contribution in [3.63, 3.8) is 0 Å². The first kappa shape index (κ1) is 23.8. The number of hydrogen-bond donors (Lipinski definition) is 1. The molecule has 1 N–H and O–H groups in total. The Hall–Kier alpha value is -3.91. The fraction of sp³-hybridized carbons (Fsp3) is 0.214. The zero-order valence-corrected chi connectivity index (χ0v) is 21.2. The highest BCUT2D eigenvalue weighted by atomic mass is 32.2. The zero-order chi connectivity index (χ0) is 25.2. The summed E-state index contributed by atoms with van der Waals surface area (Å²) in [7, 11) is 0. The first-order valence-electron chi connectivity index (χ1n) is 11.9. The van der Waals surface area contributed by atoms with Crippen molar-refractivity contribution in [2.75, 3.05) is 0 Å². The second kappa shape index (κ2) is 9.99. The number of carbonyl (C=O) groups is 1. The van der Waals surface area contributed by atoms with E-state index in [1.807, 2.05) is 98.0 Å². The fourth-order valence-corrected chi connectivity index (χ4v) is 5.45. The van der Waals surface area contributed by atoms with Crippen LogP contribution in [0.2, 0.25) is 0 Å². The van der Waals surface area contributed by atoms with Gasteiger partial charge in [-0.3, -0.25) is 14.0 Å². The van der Waals surface area contributed by atoms with E-state index in [2.05, 4.69) is 15.5 Å². The van der Waals surface area contributed by atoms with Crippen molar-refractivity contribution in [3.05, 3.63) is 99.8 Å². The third-order valence-electron chi connectivity index (χ3n) is 6.28. The van der Waals surface area contributed by atoms with E-state index in [0.717, 1.165) is 22.4 Å². The van der Waals surface area contributed by atoms with E-state index >= 15 is 0 Å². The minimum absolute atomic E-state index is 0.0597. The molecule has 0 saturated carbocycles. The zero-order valence-electron chi connectivity index (χ0n) is 20.4. The quantitative estimate of drug-likeness (QED) is 0.326. The van der Waals surface area contributed by atoms with E-state index in [1.54, 1.807) is 4.57 Å². The van der Waals surface area contributed by atoms with Crippen LogP contribution in [0.1, 0.15) is 30.0 Å². The van der Waals surface area contributed by atoms with Crippen molar-refractivity contribution in [1.82, 2.24) is 24.5 Å². The van der Waals surface area contributed by atoms with E-state index in [0.29, 0.717) is 34.8 Å². The summed E-state index contributed by atoms with van der Waals surface area (Å²) in [6.07, 6.45) is 0.620. The average molecular weight is 498 g/mol. The number of carbonyl (C=O) groups excluding carboxylic acids is 1. The van der Waals surface area contributed by atoms with Gasteiger partial charge in [-0.2, -0.15) is 0 Å². The first-order chi connectivity index (χ1) is 17.5. The van der Waals surface area contributed by atoms with Crippen LogP contribution in [-0.2, 0) is 11.3 Å². The van der Waals surface area contributed by atoms with Gasteiger partial charge in [0.1, 0.15) is 0 Å². The molecule has 0 saturated heterocycles. The normalized spacial score (nSPS) is 12.2. The Kier molecular flexibility index (Phi) is 6.61. The van der Waals surface area contributed by atoms with Crippen LogP contribution >= 0.6 is 11.8 Å². The molecule has 2 aromatic heterocycles. The van der Waals surface area contributed by atoms with E-state index < -0.39 is 0 Å². The Morgan fingerprint density at radius 3 is 2.36 bits per heavy atom. The lowest BCUT2D eigenvalue weighted by molar-refractivity contribution is -0.120. The molecule has 3 aromatic carbocycles. The third-order valence-corrected chi connectivity index (χ3v) is 7.59. The molecule has 36 heavy (non-hydrogen) atoms. The summed E-state index contributed by atoms with van der Waals surface area (Å²) in [5.41, 5.74) is 4.35. The molecule has 5 aromatic rings. The second-order valence-electron chi connectivity index (χ2n) is 8.73. The second-order valence-corrected chi connectivity index (χ2v) is 9.90. The number of hydrogen-bond acceptors (Lipinski definition) is 5. The van der Waals surface area contributed by atoms with Gasteiger partial charge >= 0.3 is 0 Å². The van der Waals surface area contributed by atoms with Crippen molar-refractivity contribution >= 4 is 34.3 Å². The van der Waals surface area contributed by atoms with Gasteiger partial charge in [0.25, 0.3) is 5.56 Å². The van der Waals surface area contributed by atoms with Crippen molar-refractivity contribution < 1.29 is 4.79 Å². The lowest BCUT2D eigenvalue weighted by Crippen LogP contribution is -2.32. The first-order valence-corrected chi connectivity index (χ1v) is 12.8. The predicted molar refractivity (Wildman–Crippen MR) is 144 cm³/mol. The lowest BCUT2D eigenvalue weighted by atomic mass is 10.1. The van der Waals surface area contributed by atoms with Gasteiger partial charge in [0.2, 0.25) is 11.7 Å². The van der Waals surface area contributed by atoms with E-state index in [1.165, 1.54) is 11.8 Å². The number of amides is 1. The Bertz CT molecular complexity index is 1600. The molecule has 0 fully saturated rings. The molecule has 0 bridgehead atoms. The molecule has 0 radical (unpaired) electrons. The lowest BCUT2D eigenvalue weighted by Gasteiger charge is -2.16. The number of thioether (sulfide) groups is 1. The van der Waals surface area contributed by atoms with Gasteiger partial charge in [-0.05, 0) is 49.1 Å². The summed E-state index contributed by atoms with van der Waals surface area (Å²) >= 11 is 1.36. The van der Waals surface area contributed by atoms with Crippen LogP contribution in [0.25, 0.3) is 22.4 Å². The fourth-order valence-electron chi connectivity index (χ4n) is 4.46. The molecule has 1 atom stereocenters. The number of para-hydroxylation sites is 2. The summed E-state index contributed by atoms with van der Waals surface area (Å²) in [6.45, 7) is 6.41. The van der Waals surface area contributed by atoms with Crippen LogP contribution in [0.3, 0.4) is 0 Å². The van der Waals surface area contributed by atoms with Crippen LogP contribution in [-0.4, -0.2) is 30.3 Å². The Morgan fingerprint density at radius 2 is 1.64 bits per heavy atom. The number of rotatable bonds is 7. The van der Waals surface area contributed by atoms with Gasteiger partial charge in [0.15, 0.2) is 5.16 Å². The number of nitrogens with zero attached hydrogens (tertiary/aromatic N) is 4. The van der Waals surface area contributed by atoms with Crippen LogP contribution in [0, 0.1) is 13.8 Å².